The number of ether oxygens (including phenoxy) is 4. The van der Waals surface area contributed by atoms with E-state index in [-0.39, 0.29) is 22.7 Å². The van der Waals surface area contributed by atoms with Crippen molar-refractivity contribution < 1.29 is 29.2 Å². The number of aliphatic hydroxyl groups excluding tert-OH is 2. The lowest BCUT2D eigenvalue weighted by Crippen LogP contribution is -2.37. The highest BCUT2D eigenvalue weighted by molar-refractivity contribution is 5.46. The second kappa shape index (κ2) is 21.4. The molecule has 0 unspecified atom stereocenters. The van der Waals surface area contributed by atoms with Crippen LogP contribution in [-0.2, 0) is 26.3 Å². The molecule has 2 fully saturated rings. The van der Waals surface area contributed by atoms with Gasteiger partial charge in [0.05, 0.1) is 26.4 Å². The molecule has 8 heteroatoms. The maximum absolute atomic E-state index is 10.8. The molecular formula is C56H66N2O6. The summed E-state index contributed by atoms with van der Waals surface area (Å²) < 4.78 is 23.5. The number of likely N-dealkylation sites (tertiary alicyclic amines) is 2. The fraction of sp³-hybridized carbons (Fsp3) is 0.357. The van der Waals surface area contributed by atoms with E-state index in [0.717, 1.165) is 73.4 Å². The summed E-state index contributed by atoms with van der Waals surface area (Å²) in [6, 6.07) is 53.7. The van der Waals surface area contributed by atoms with Crippen molar-refractivity contribution in [3.05, 3.63) is 191 Å². The molecule has 0 amide bonds. The van der Waals surface area contributed by atoms with Crippen molar-refractivity contribution >= 4 is 0 Å². The maximum Gasteiger partial charge on any atom is 0.161 e. The van der Waals surface area contributed by atoms with E-state index in [0.29, 0.717) is 13.2 Å². The number of nitrogens with zero attached hydrogens (tertiary/aromatic N) is 2. The van der Waals surface area contributed by atoms with E-state index < -0.39 is 12.2 Å². The number of methoxy groups -OCH3 is 2. The zero-order valence-corrected chi connectivity index (χ0v) is 38.4. The van der Waals surface area contributed by atoms with Gasteiger partial charge in [0.2, 0.25) is 0 Å². The SMILES string of the molecule is COc1ccc([C@@H]2CN(Cc3ccccc3)C[C@@]2(C)[C@@H](C)O)cc1OCc1ccccc1.COc1ccc([C@@H]2CN(Cc3ccccc3)C[C@@]2(C)[C@H](C)O)cc1OCc1ccccc1. The highest BCUT2D eigenvalue weighted by atomic mass is 16.5. The van der Waals surface area contributed by atoms with E-state index in [1.54, 1.807) is 14.2 Å². The van der Waals surface area contributed by atoms with Crippen LogP contribution in [0.25, 0.3) is 0 Å². The van der Waals surface area contributed by atoms with Crippen molar-refractivity contribution in [1.82, 2.24) is 9.80 Å². The molecule has 64 heavy (non-hydrogen) atoms. The molecule has 336 valence electrons. The van der Waals surface area contributed by atoms with E-state index in [1.807, 2.05) is 74.5 Å². The molecule has 0 spiro atoms. The Balaban J connectivity index is 0.000000191. The third kappa shape index (κ3) is 11.2. The van der Waals surface area contributed by atoms with E-state index in [2.05, 4.69) is 121 Å². The maximum atomic E-state index is 10.8. The van der Waals surface area contributed by atoms with Gasteiger partial charge in [-0.2, -0.15) is 0 Å². The topological polar surface area (TPSA) is 83.9 Å². The van der Waals surface area contributed by atoms with Crippen LogP contribution >= 0.6 is 0 Å². The number of benzene rings is 6. The summed E-state index contributed by atoms with van der Waals surface area (Å²) in [6.07, 6.45) is -0.854. The first-order chi connectivity index (χ1) is 31.0. The minimum absolute atomic E-state index is 0.191. The largest absolute Gasteiger partial charge is 0.493 e. The molecule has 8 nitrogen and oxygen atoms in total. The van der Waals surface area contributed by atoms with Crippen LogP contribution < -0.4 is 18.9 Å². The highest BCUT2D eigenvalue weighted by Crippen LogP contribution is 2.49. The van der Waals surface area contributed by atoms with Gasteiger partial charge in [0.15, 0.2) is 23.0 Å². The summed E-state index contributed by atoms with van der Waals surface area (Å²) in [5, 5.41) is 21.5. The molecule has 6 aromatic carbocycles. The number of hydrogen-bond acceptors (Lipinski definition) is 8. The van der Waals surface area contributed by atoms with Gasteiger partial charge in [-0.25, -0.2) is 0 Å². The van der Waals surface area contributed by atoms with Crippen LogP contribution in [0.3, 0.4) is 0 Å². The van der Waals surface area contributed by atoms with Crippen LogP contribution in [0.1, 0.15) is 72.9 Å². The zero-order valence-electron chi connectivity index (χ0n) is 38.4. The van der Waals surface area contributed by atoms with Crippen LogP contribution in [-0.4, -0.2) is 72.6 Å². The zero-order chi connectivity index (χ0) is 45.1. The molecule has 0 bridgehead atoms. The average molecular weight is 863 g/mol. The molecule has 0 aromatic heterocycles. The first-order valence-electron chi connectivity index (χ1n) is 22.6. The van der Waals surface area contributed by atoms with E-state index in [1.165, 1.54) is 22.3 Å². The molecule has 0 saturated carbocycles. The van der Waals surface area contributed by atoms with Gasteiger partial charge >= 0.3 is 0 Å². The van der Waals surface area contributed by atoms with Gasteiger partial charge in [0, 0.05) is 61.9 Å². The Hall–Kier alpha value is -5.64. The van der Waals surface area contributed by atoms with Crippen molar-refractivity contribution in [3.63, 3.8) is 0 Å². The molecule has 0 aliphatic carbocycles. The second-order valence-electron chi connectivity index (χ2n) is 18.1. The summed E-state index contributed by atoms with van der Waals surface area (Å²) in [5.74, 6) is 3.31. The molecular weight excluding hydrogens is 797 g/mol. The van der Waals surface area contributed by atoms with Crippen LogP contribution in [0.5, 0.6) is 23.0 Å². The Morgan fingerprint density at radius 3 is 1.12 bits per heavy atom. The minimum atomic E-state index is -0.427. The van der Waals surface area contributed by atoms with Crippen molar-refractivity contribution in [2.75, 3.05) is 40.4 Å². The summed E-state index contributed by atoms with van der Waals surface area (Å²) in [4.78, 5) is 4.89. The van der Waals surface area contributed by atoms with Gasteiger partial charge in [-0.1, -0.05) is 147 Å². The quantitative estimate of drug-likeness (QED) is 0.0996. The first kappa shape index (κ1) is 46.4. The summed E-state index contributed by atoms with van der Waals surface area (Å²) in [5.41, 5.74) is 6.67. The van der Waals surface area contributed by atoms with Gasteiger partial charge in [-0.3, -0.25) is 9.80 Å². The van der Waals surface area contributed by atoms with Crippen LogP contribution in [0, 0.1) is 10.8 Å². The lowest BCUT2D eigenvalue weighted by Gasteiger charge is -2.34. The molecule has 2 N–H and O–H groups in total. The van der Waals surface area contributed by atoms with Gasteiger partial charge in [-0.05, 0) is 71.5 Å². The summed E-state index contributed by atoms with van der Waals surface area (Å²) in [6.45, 7) is 14.4. The van der Waals surface area contributed by atoms with Crippen molar-refractivity contribution in [3.8, 4) is 23.0 Å². The average Bonchev–Trinajstić information content (AvgIpc) is 3.85. The minimum Gasteiger partial charge on any atom is -0.493 e. The van der Waals surface area contributed by atoms with E-state index >= 15 is 0 Å². The van der Waals surface area contributed by atoms with Crippen molar-refractivity contribution in [1.29, 1.82) is 0 Å². The normalized spacial score (nSPS) is 21.9. The molecule has 2 aliphatic heterocycles. The number of hydrogen-bond donors (Lipinski definition) is 2. The fourth-order valence-electron chi connectivity index (χ4n) is 9.51. The van der Waals surface area contributed by atoms with Crippen molar-refractivity contribution in [2.45, 2.75) is 78.0 Å². The number of aliphatic hydroxyl groups is 2. The Labute approximate surface area is 381 Å². The Morgan fingerprint density at radius 2 is 0.812 bits per heavy atom. The van der Waals surface area contributed by atoms with Gasteiger partial charge in [0.1, 0.15) is 13.2 Å². The Bertz CT molecular complexity index is 2180. The van der Waals surface area contributed by atoms with Gasteiger partial charge in [-0.15, -0.1) is 0 Å². The lowest BCUT2D eigenvalue weighted by atomic mass is 9.72. The highest BCUT2D eigenvalue weighted by Gasteiger charge is 2.48. The molecule has 6 aromatic rings. The second-order valence-corrected chi connectivity index (χ2v) is 18.1. The Kier molecular flexibility index (Phi) is 15.5. The van der Waals surface area contributed by atoms with Crippen LogP contribution in [0.15, 0.2) is 158 Å². The summed E-state index contributed by atoms with van der Waals surface area (Å²) in [7, 11) is 3.34. The number of rotatable bonds is 16. The first-order valence-corrected chi connectivity index (χ1v) is 22.6. The predicted octanol–water partition coefficient (Wildman–Crippen LogP) is 10.5. The lowest BCUT2D eigenvalue weighted by molar-refractivity contribution is 0.0474. The van der Waals surface area contributed by atoms with E-state index in [4.69, 9.17) is 18.9 Å². The molecule has 0 radical (unpaired) electrons. The third-order valence-corrected chi connectivity index (χ3v) is 13.7. The van der Waals surface area contributed by atoms with Gasteiger partial charge in [0.25, 0.3) is 0 Å². The van der Waals surface area contributed by atoms with Crippen LogP contribution in [0.2, 0.25) is 0 Å². The fourth-order valence-corrected chi connectivity index (χ4v) is 9.51. The predicted molar refractivity (Wildman–Crippen MR) is 256 cm³/mol. The summed E-state index contributed by atoms with van der Waals surface area (Å²) >= 11 is 0. The molecule has 8 rings (SSSR count). The molecule has 2 heterocycles. The van der Waals surface area contributed by atoms with Gasteiger partial charge < -0.3 is 29.2 Å². The molecule has 6 atom stereocenters. The monoisotopic (exact) mass is 862 g/mol. The van der Waals surface area contributed by atoms with E-state index in [9.17, 15) is 10.2 Å². The standard InChI is InChI=1S/2C28H33NO3/c2*1-21(30)28(2)20-29(17-22-10-6-4-7-11-22)18-25(28)24-14-15-26(31-3)27(16-24)32-19-23-12-8-5-9-13-23/h2*4-16,21,25,30H,17-20H2,1-3H3/t21-,25+,28+;21-,25-,28-/m10/s1. The molecule has 2 aliphatic rings. The Morgan fingerprint density at radius 1 is 0.484 bits per heavy atom. The molecule has 2 saturated heterocycles. The van der Waals surface area contributed by atoms with Crippen molar-refractivity contribution in [2.24, 2.45) is 10.8 Å². The third-order valence-electron chi connectivity index (χ3n) is 13.7. The van der Waals surface area contributed by atoms with Crippen LogP contribution in [0.4, 0.5) is 0 Å². The smallest absolute Gasteiger partial charge is 0.161 e.